The summed E-state index contributed by atoms with van der Waals surface area (Å²) in [5.41, 5.74) is 0. The first-order chi connectivity index (χ1) is 8.51. The lowest BCUT2D eigenvalue weighted by Gasteiger charge is -2.30. The van der Waals surface area contributed by atoms with Gasteiger partial charge < -0.3 is 4.74 Å². The van der Waals surface area contributed by atoms with Gasteiger partial charge in [0.15, 0.2) is 0 Å². The Balaban J connectivity index is 2.60. The molecule has 0 aliphatic carbocycles. The third kappa shape index (κ3) is 4.24. The van der Waals surface area contributed by atoms with Crippen molar-refractivity contribution in [2.24, 2.45) is 5.92 Å². The Hall–Kier alpha value is -0.620. The van der Waals surface area contributed by atoms with Gasteiger partial charge in [0.1, 0.15) is 0 Å². The van der Waals surface area contributed by atoms with E-state index in [0.717, 1.165) is 19.3 Å². The van der Waals surface area contributed by atoms with Gasteiger partial charge in [-0.05, 0) is 26.2 Å². The average Bonchev–Trinajstić information content (AvgIpc) is 2.37. The van der Waals surface area contributed by atoms with Crippen molar-refractivity contribution in [1.29, 1.82) is 0 Å². The lowest BCUT2D eigenvalue weighted by Crippen LogP contribution is -2.43. The highest BCUT2D eigenvalue weighted by molar-refractivity contribution is 7.89. The Morgan fingerprint density at radius 2 is 2.11 bits per heavy atom. The molecule has 1 heterocycles. The van der Waals surface area contributed by atoms with Crippen molar-refractivity contribution >= 4 is 16.0 Å². The Kier molecular flexibility index (Phi) is 6.08. The summed E-state index contributed by atoms with van der Waals surface area (Å²) in [5, 5.41) is 0. The molecule has 1 saturated heterocycles. The minimum Gasteiger partial charge on any atom is -0.466 e. The first kappa shape index (κ1) is 15.4. The first-order valence-corrected chi connectivity index (χ1v) is 8.26. The highest BCUT2D eigenvalue weighted by Crippen LogP contribution is 2.21. The number of sulfonamides is 1. The van der Waals surface area contributed by atoms with Crippen LogP contribution in [0.4, 0.5) is 0 Å². The predicted octanol–water partition coefficient (Wildman–Crippen LogP) is 1.39. The van der Waals surface area contributed by atoms with Crippen LogP contribution in [0, 0.1) is 5.92 Å². The van der Waals surface area contributed by atoms with Crippen molar-refractivity contribution in [1.82, 2.24) is 4.31 Å². The van der Waals surface area contributed by atoms with Gasteiger partial charge in [0.25, 0.3) is 0 Å². The number of unbranched alkanes of at least 4 members (excludes halogenated alkanes) is 1. The van der Waals surface area contributed by atoms with Gasteiger partial charge in [-0.25, -0.2) is 12.7 Å². The zero-order valence-corrected chi connectivity index (χ0v) is 12.0. The molecule has 0 amide bonds. The lowest BCUT2D eigenvalue weighted by molar-refractivity contribution is -0.149. The molecule has 1 fully saturated rings. The molecule has 0 unspecified atom stereocenters. The molecule has 106 valence electrons. The molecule has 0 bridgehead atoms. The van der Waals surface area contributed by atoms with Crippen LogP contribution in [0.2, 0.25) is 0 Å². The van der Waals surface area contributed by atoms with Crippen molar-refractivity contribution in [3.05, 3.63) is 0 Å². The van der Waals surface area contributed by atoms with Crippen molar-refractivity contribution in [2.45, 2.75) is 39.5 Å². The normalized spacial score (nSPS) is 21.8. The van der Waals surface area contributed by atoms with Crippen molar-refractivity contribution in [3.63, 3.8) is 0 Å². The standard InChI is InChI=1S/C12H23NO4S/c1-3-5-9-18(15,16)13-8-6-7-11(10-13)12(14)17-4-2/h11H,3-10H2,1-2H3/t11-/m0/s1. The maximum Gasteiger partial charge on any atom is 0.310 e. The summed E-state index contributed by atoms with van der Waals surface area (Å²) < 4.78 is 30.5. The molecule has 6 heteroatoms. The van der Waals surface area contributed by atoms with Gasteiger partial charge in [-0.3, -0.25) is 4.79 Å². The van der Waals surface area contributed by atoms with E-state index in [1.165, 1.54) is 4.31 Å². The number of hydrogen-bond acceptors (Lipinski definition) is 4. The maximum atomic E-state index is 12.0. The van der Waals surface area contributed by atoms with Crippen molar-refractivity contribution in [3.8, 4) is 0 Å². The molecular weight excluding hydrogens is 254 g/mol. The van der Waals surface area contributed by atoms with E-state index in [9.17, 15) is 13.2 Å². The fourth-order valence-corrected chi connectivity index (χ4v) is 3.83. The summed E-state index contributed by atoms with van der Waals surface area (Å²) >= 11 is 0. The highest BCUT2D eigenvalue weighted by atomic mass is 32.2. The van der Waals surface area contributed by atoms with Crippen LogP contribution in [0.15, 0.2) is 0 Å². The van der Waals surface area contributed by atoms with Crippen LogP contribution in [0.25, 0.3) is 0 Å². The second-order valence-corrected chi connectivity index (χ2v) is 6.71. The third-order valence-corrected chi connectivity index (χ3v) is 5.08. The predicted molar refractivity (Wildman–Crippen MR) is 69.6 cm³/mol. The second kappa shape index (κ2) is 7.09. The Labute approximate surface area is 110 Å². The molecule has 5 nitrogen and oxygen atoms in total. The van der Waals surface area contributed by atoms with E-state index in [1.807, 2.05) is 6.92 Å². The molecule has 0 saturated carbocycles. The number of esters is 1. The molecule has 0 radical (unpaired) electrons. The summed E-state index contributed by atoms with van der Waals surface area (Å²) in [6, 6.07) is 0. The molecule has 0 aromatic carbocycles. The van der Waals surface area contributed by atoms with E-state index >= 15 is 0 Å². The number of ether oxygens (including phenoxy) is 1. The number of carbonyl (C=O) groups is 1. The van der Waals surface area contributed by atoms with Crippen LogP contribution in [0.1, 0.15) is 39.5 Å². The number of hydrogen-bond donors (Lipinski definition) is 0. The molecule has 0 aromatic rings. The minimum atomic E-state index is -3.20. The monoisotopic (exact) mass is 277 g/mol. The zero-order chi connectivity index (χ0) is 13.6. The minimum absolute atomic E-state index is 0.180. The molecule has 0 N–H and O–H groups in total. The number of rotatable bonds is 6. The second-order valence-electron chi connectivity index (χ2n) is 4.62. The smallest absolute Gasteiger partial charge is 0.310 e. The number of piperidine rings is 1. The maximum absolute atomic E-state index is 12.0. The molecule has 1 aliphatic heterocycles. The molecule has 0 spiro atoms. The van der Waals surface area contributed by atoms with Gasteiger partial charge in [-0.15, -0.1) is 0 Å². The first-order valence-electron chi connectivity index (χ1n) is 6.65. The molecule has 0 aromatic heterocycles. The summed E-state index contributed by atoms with van der Waals surface area (Å²) in [7, 11) is -3.20. The van der Waals surface area contributed by atoms with Gasteiger partial charge in [0.05, 0.1) is 18.3 Å². The fraction of sp³-hybridized carbons (Fsp3) is 0.917. The Morgan fingerprint density at radius 3 is 2.72 bits per heavy atom. The van der Waals surface area contributed by atoms with Crippen molar-refractivity contribution < 1.29 is 17.9 Å². The van der Waals surface area contributed by atoms with Crippen LogP contribution >= 0.6 is 0 Å². The van der Waals surface area contributed by atoms with Crippen LogP contribution in [0.3, 0.4) is 0 Å². The van der Waals surface area contributed by atoms with E-state index in [4.69, 9.17) is 4.74 Å². The highest BCUT2D eigenvalue weighted by Gasteiger charge is 2.32. The molecular formula is C12H23NO4S. The molecule has 1 atom stereocenters. The molecule has 18 heavy (non-hydrogen) atoms. The molecule has 1 aliphatic rings. The fourth-order valence-electron chi connectivity index (χ4n) is 2.10. The summed E-state index contributed by atoms with van der Waals surface area (Å²) in [6.07, 6.45) is 2.98. The van der Waals surface area contributed by atoms with Gasteiger partial charge in [-0.1, -0.05) is 13.3 Å². The van der Waals surface area contributed by atoms with E-state index in [0.29, 0.717) is 19.6 Å². The van der Waals surface area contributed by atoms with Crippen LogP contribution in [-0.4, -0.2) is 44.1 Å². The van der Waals surface area contributed by atoms with E-state index in [2.05, 4.69) is 0 Å². The van der Waals surface area contributed by atoms with Gasteiger partial charge in [0, 0.05) is 13.1 Å². The SMILES string of the molecule is CCCCS(=O)(=O)N1CCC[C@H](C(=O)OCC)C1. The molecule has 1 rings (SSSR count). The topological polar surface area (TPSA) is 63.7 Å². The zero-order valence-electron chi connectivity index (χ0n) is 11.2. The van der Waals surface area contributed by atoms with Crippen molar-refractivity contribution in [2.75, 3.05) is 25.4 Å². The number of nitrogens with zero attached hydrogens (tertiary/aromatic N) is 1. The van der Waals surface area contributed by atoms with Gasteiger partial charge in [-0.2, -0.15) is 0 Å². The summed E-state index contributed by atoms with van der Waals surface area (Å²) in [4.78, 5) is 11.6. The van der Waals surface area contributed by atoms with E-state index in [-0.39, 0.29) is 24.2 Å². The van der Waals surface area contributed by atoms with Crippen LogP contribution in [-0.2, 0) is 19.6 Å². The largest absolute Gasteiger partial charge is 0.466 e. The summed E-state index contributed by atoms with van der Waals surface area (Å²) in [6.45, 7) is 4.88. The third-order valence-electron chi connectivity index (χ3n) is 3.15. The van der Waals surface area contributed by atoms with E-state index in [1.54, 1.807) is 6.92 Å². The summed E-state index contributed by atoms with van der Waals surface area (Å²) in [5.74, 6) is -0.387. The van der Waals surface area contributed by atoms with Gasteiger partial charge in [0.2, 0.25) is 10.0 Å². The lowest BCUT2D eigenvalue weighted by atomic mass is 10.0. The Morgan fingerprint density at radius 1 is 1.39 bits per heavy atom. The van der Waals surface area contributed by atoms with Crippen LogP contribution < -0.4 is 0 Å². The average molecular weight is 277 g/mol. The van der Waals surface area contributed by atoms with Gasteiger partial charge >= 0.3 is 5.97 Å². The van der Waals surface area contributed by atoms with E-state index < -0.39 is 10.0 Å². The number of carbonyl (C=O) groups excluding carboxylic acids is 1. The quantitative estimate of drug-likeness (QED) is 0.688. The van der Waals surface area contributed by atoms with Crippen LogP contribution in [0.5, 0.6) is 0 Å². The Bertz CT molecular complexity index is 366.